The van der Waals surface area contributed by atoms with Crippen LogP contribution in [0.25, 0.3) is 0 Å². The fourth-order valence-electron chi connectivity index (χ4n) is 2.54. The first-order chi connectivity index (χ1) is 8.88. The van der Waals surface area contributed by atoms with E-state index in [4.69, 9.17) is 9.47 Å². The van der Waals surface area contributed by atoms with Gasteiger partial charge in [0, 0.05) is 12.6 Å². The lowest BCUT2D eigenvalue weighted by Gasteiger charge is -2.26. The number of nitrogens with one attached hydrogen (secondary N) is 1. The van der Waals surface area contributed by atoms with E-state index in [0.717, 1.165) is 32.8 Å². The molecule has 0 spiro atoms. The molecule has 1 N–H and O–H groups in total. The molecule has 18 heavy (non-hydrogen) atoms. The standard InChI is InChI=1S/C15H31NO2/c1-3-10-16-14-8-6-5-7-9-15(14)18-13-12-17-11-4-2/h14-16H,3-13H2,1-2H3. The molecule has 1 aliphatic rings. The fraction of sp³-hybridized carbons (Fsp3) is 1.00. The molecule has 0 heterocycles. The summed E-state index contributed by atoms with van der Waals surface area (Å²) in [6.07, 6.45) is 9.15. The largest absolute Gasteiger partial charge is 0.379 e. The highest BCUT2D eigenvalue weighted by Gasteiger charge is 2.23. The van der Waals surface area contributed by atoms with Crippen LogP contribution >= 0.6 is 0 Å². The van der Waals surface area contributed by atoms with Gasteiger partial charge in [-0.15, -0.1) is 0 Å². The smallest absolute Gasteiger partial charge is 0.0729 e. The van der Waals surface area contributed by atoms with Crippen LogP contribution in [0.4, 0.5) is 0 Å². The van der Waals surface area contributed by atoms with Crippen molar-refractivity contribution in [3.63, 3.8) is 0 Å². The maximum atomic E-state index is 6.03. The molecule has 0 aromatic carbocycles. The quantitative estimate of drug-likeness (QED) is 0.508. The average Bonchev–Trinajstić information content (AvgIpc) is 2.61. The van der Waals surface area contributed by atoms with E-state index in [-0.39, 0.29) is 0 Å². The highest BCUT2D eigenvalue weighted by Crippen LogP contribution is 2.20. The summed E-state index contributed by atoms with van der Waals surface area (Å²) in [5.74, 6) is 0. The van der Waals surface area contributed by atoms with Crippen LogP contribution in [0.1, 0.15) is 58.8 Å². The zero-order chi connectivity index (χ0) is 13.1. The predicted molar refractivity (Wildman–Crippen MR) is 76.0 cm³/mol. The molecule has 0 aromatic rings. The van der Waals surface area contributed by atoms with Gasteiger partial charge in [0.25, 0.3) is 0 Å². The topological polar surface area (TPSA) is 30.5 Å². The van der Waals surface area contributed by atoms with Gasteiger partial charge in [0.15, 0.2) is 0 Å². The average molecular weight is 257 g/mol. The summed E-state index contributed by atoms with van der Waals surface area (Å²) in [5.41, 5.74) is 0. The van der Waals surface area contributed by atoms with Crippen molar-refractivity contribution in [3.05, 3.63) is 0 Å². The van der Waals surface area contributed by atoms with Crippen LogP contribution in [-0.4, -0.2) is 38.5 Å². The zero-order valence-corrected chi connectivity index (χ0v) is 12.2. The molecule has 108 valence electrons. The predicted octanol–water partition coefficient (Wildman–Crippen LogP) is 3.13. The molecule has 0 amide bonds. The van der Waals surface area contributed by atoms with Crippen molar-refractivity contribution < 1.29 is 9.47 Å². The third-order valence-corrected chi connectivity index (χ3v) is 3.52. The molecule has 3 nitrogen and oxygen atoms in total. The molecule has 1 rings (SSSR count). The van der Waals surface area contributed by atoms with E-state index in [2.05, 4.69) is 19.2 Å². The molecule has 0 aliphatic heterocycles. The van der Waals surface area contributed by atoms with Crippen molar-refractivity contribution in [2.24, 2.45) is 0 Å². The molecule has 3 heteroatoms. The Kier molecular flexibility index (Phi) is 9.54. The molecule has 0 aromatic heterocycles. The summed E-state index contributed by atoms with van der Waals surface area (Å²) < 4.78 is 11.5. The zero-order valence-electron chi connectivity index (χ0n) is 12.2. The summed E-state index contributed by atoms with van der Waals surface area (Å²) in [5, 5.41) is 3.65. The minimum absolute atomic E-state index is 0.393. The first-order valence-electron chi connectivity index (χ1n) is 7.81. The summed E-state index contributed by atoms with van der Waals surface area (Å²) in [6.45, 7) is 7.80. The Balaban J connectivity index is 2.23. The molecule has 2 atom stereocenters. The number of rotatable bonds is 9. The second-order valence-corrected chi connectivity index (χ2v) is 5.22. The van der Waals surface area contributed by atoms with E-state index in [0.29, 0.717) is 12.1 Å². The van der Waals surface area contributed by atoms with E-state index in [1.165, 1.54) is 38.5 Å². The molecule has 2 unspecified atom stereocenters. The summed E-state index contributed by atoms with van der Waals surface area (Å²) in [4.78, 5) is 0. The molecule has 1 aliphatic carbocycles. The van der Waals surface area contributed by atoms with Gasteiger partial charge in [-0.2, -0.15) is 0 Å². The molecular formula is C15H31NO2. The van der Waals surface area contributed by atoms with Crippen molar-refractivity contribution in [1.82, 2.24) is 5.32 Å². The second kappa shape index (κ2) is 10.8. The Morgan fingerprint density at radius 3 is 2.56 bits per heavy atom. The maximum Gasteiger partial charge on any atom is 0.0729 e. The van der Waals surface area contributed by atoms with Crippen LogP contribution in [-0.2, 0) is 9.47 Å². The van der Waals surface area contributed by atoms with Gasteiger partial charge in [-0.1, -0.05) is 33.1 Å². The third kappa shape index (κ3) is 6.72. The van der Waals surface area contributed by atoms with Gasteiger partial charge in [-0.05, 0) is 32.2 Å². The maximum absolute atomic E-state index is 6.03. The van der Waals surface area contributed by atoms with Crippen LogP contribution in [0.15, 0.2) is 0 Å². The van der Waals surface area contributed by atoms with Crippen LogP contribution in [0.3, 0.4) is 0 Å². The Labute approximate surface area is 113 Å². The summed E-state index contributed by atoms with van der Waals surface area (Å²) >= 11 is 0. The normalized spacial score (nSPS) is 25.0. The molecule has 1 fully saturated rings. The van der Waals surface area contributed by atoms with Gasteiger partial charge in [-0.25, -0.2) is 0 Å². The van der Waals surface area contributed by atoms with Gasteiger partial charge in [-0.3, -0.25) is 0 Å². The Morgan fingerprint density at radius 2 is 1.78 bits per heavy atom. The van der Waals surface area contributed by atoms with Crippen molar-refractivity contribution in [3.8, 4) is 0 Å². The van der Waals surface area contributed by atoms with Crippen molar-refractivity contribution >= 4 is 0 Å². The Hall–Kier alpha value is -0.120. The summed E-state index contributed by atoms with van der Waals surface area (Å²) in [6, 6.07) is 0.554. The van der Waals surface area contributed by atoms with Gasteiger partial charge in [0.1, 0.15) is 0 Å². The van der Waals surface area contributed by atoms with E-state index in [9.17, 15) is 0 Å². The Bertz CT molecular complexity index is 187. The Morgan fingerprint density at radius 1 is 0.944 bits per heavy atom. The van der Waals surface area contributed by atoms with E-state index in [1.54, 1.807) is 0 Å². The second-order valence-electron chi connectivity index (χ2n) is 5.22. The lowest BCUT2D eigenvalue weighted by molar-refractivity contribution is -0.0141. The third-order valence-electron chi connectivity index (χ3n) is 3.52. The van der Waals surface area contributed by atoms with E-state index >= 15 is 0 Å². The van der Waals surface area contributed by atoms with Crippen molar-refractivity contribution in [2.45, 2.75) is 70.9 Å². The van der Waals surface area contributed by atoms with Gasteiger partial charge in [0.2, 0.25) is 0 Å². The van der Waals surface area contributed by atoms with Gasteiger partial charge in [0.05, 0.1) is 19.3 Å². The van der Waals surface area contributed by atoms with Crippen molar-refractivity contribution in [2.75, 3.05) is 26.4 Å². The van der Waals surface area contributed by atoms with Crippen LogP contribution in [0.5, 0.6) is 0 Å². The first-order valence-corrected chi connectivity index (χ1v) is 7.81. The molecule has 1 saturated carbocycles. The van der Waals surface area contributed by atoms with Crippen molar-refractivity contribution in [1.29, 1.82) is 0 Å². The summed E-state index contributed by atoms with van der Waals surface area (Å²) in [7, 11) is 0. The number of hydrogen-bond acceptors (Lipinski definition) is 3. The van der Waals surface area contributed by atoms with Crippen LogP contribution in [0.2, 0.25) is 0 Å². The van der Waals surface area contributed by atoms with E-state index < -0.39 is 0 Å². The van der Waals surface area contributed by atoms with Crippen LogP contribution < -0.4 is 5.32 Å². The molecule has 0 saturated heterocycles. The van der Waals surface area contributed by atoms with E-state index in [1.807, 2.05) is 0 Å². The lowest BCUT2D eigenvalue weighted by atomic mass is 10.1. The van der Waals surface area contributed by atoms with Gasteiger partial charge < -0.3 is 14.8 Å². The highest BCUT2D eigenvalue weighted by atomic mass is 16.5. The minimum Gasteiger partial charge on any atom is -0.379 e. The van der Waals surface area contributed by atoms with Crippen LogP contribution in [0, 0.1) is 0 Å². The van der Waals surface area contributed by atoms with Gasteiger partial charge >= 0.3 is 0 Å². The highest BCUT2D eigenvalue weighted by molar-refractivity contribution is 4.80. The fourth-order valence-corrected chi connectivity index (χ4v) is 2.54. The first kappa shape index (κ1) is 15.9. The molecule has 0 radical (unpaired) electrons. The molecule has 0 bridgehead atoms. The monoisotopic (exact) mass is 257 g/mol. The SMILES string of the molecule is CCCNC1CCCCCC1OCCOCCC. The number of ether oxygens (including phenoxy) is 2. The minimum atomic E-state index is 0.393. The number of hydrogen-bond donors (Lipinski definition) is 1. The molecular weight excluding hydrogens is 226 g/mol. The lowest BCUT2D eigenvalue weighted by Crippen LogP contribution is -2.41.